The summed E-state index contributed by atoms with van der Waals surface area (Å²) in [7, 11) is 0. The quantitative estimate of drug-likeness (QED) is 0.908. The molecule has 0 radical (unpaired) electrons. The number of ether oxygens (including phenoxy) is 1. The second-order valence-electron chi connectivity index (χ2n) is 5.40. The third-order valence-electron chi connectivity index (χ3n) is 3.49. The van der Waals surface area contributed by atoms with Crippen LogP contribution in [0.4, 0.5) is 5.95 Å². The lowest BCUT2D eigenvalue weighted by atomic mass is 10.3. The molecule has 3 heterocycles. The highest BCUT2D eigenvalue weighted by Crippen LogP contribution is 2.09. The van der Waals surface area contributed by atoms with Crippen molar-refractivity contribution in [1.82, 2.24) is 19.5 Å². The molecule has 0 aromatic carbocycles. The molecule has 1 saturated heterocycles. The molecule has 0 saturated carbocycles. The van der Waals surface area contributed by atoms with E-state index in [1.54, 1.807) is 0 Å². The minimum atomic E-state index is 0.312. The highest BCUT2D eigenvalue weighted by atomic mass is 16.5. The Bertz CT molecular complexity index is 576. The maximum Gasteiger partial charge on any atom is 0.243 e. The van der Waals surface area contributed by atoms with Gasteiger partial charge in [-0.3, -0.25) is 4.90 Å². The van der Waals surface area contributed by atoms with E-state index in [4.69, 9.17) is 4.74 Å². The summed E-state index contributed by atoms with van der Waals surface area (Å²) < 4.78 is 7.18. The molecule has 3 rings (SSSR count). The second-order valence-corrected chi connectivity index (χ2v) is 5.40. The van der Waals surface area contributed by atoms with E-state index in [0.29, 0.717) is 12.0 Å². The average molecular weight is 275 g/mol. The number of nitrogens with zero attached hydrogens (tertiary/aromatic N) is 4. The van der Waals surface area contributed by atoms with Crippen molar-refractivity contribution in [1.29, 1.82) is 0 Å². The van der Waals surface area contributed by atoms with Crippen LogP contribution in [0.25, 0.3) is 5.65 Å². The topological polar surface area (TPSA) is 54.7 Å². The molecular weight excluding hydrogens is 254 g/mol. The highest BCUT2D eigenvalue weighted by Gasteiger charge is 2.14. The van der Waals surface area contributed by atoms with Gasteiger partial charge in [-0.1, -0.05) is 6.07 Å². The molecular formula is C14H21N5O. The van der Waals surface area contributed by atoms with Crippen LogP contribution in [0.1, 0.15) is 12.5 Å². The first-order valence-electron chi connectivity index (χ1n) is 7.10. The predicted molar refractivity (Wildman–Crippen MR) is 78.1 cm³/mol. The summed E-state index contributed by atoms with van der Waals surface area (Å²) in [5.41, 5.74) is 2.05. The van der Waals surface area contributed by atoms with Gasteiger partial charge in [-0.2, -0.15) is 4.98 Å². The highest BCUT2D eigenvalue weighted by molar-refractivity contribution is 5.44. The number of nitrogens with one attached hydrogen (secondary N) is 1. The number of aryl methyl sites for hydroxylation is 1. The van der Waals surface area contributed by atoms with Crippen molar-refractivity contribution in [3.05, 3.63) is 23.9 Å². The van der Waals surface area contributed by atoms with Gasteiger partial charge in [0.05, 0.1) is 13.2 Å². The number of hydrogen-bond donors (Lipinski definition) is 1. The van der Waals surface area contributed by atoms with Gasteiger partial charge < -0.3 is 10.1 Å². The number of fused-ring (bicyclic) bond motifs is 1. The minimum Gasteiger partial charge on any atom is -0.379 e. The zero-order valence-corrected chi connectivity index (χ0v) is 12.0. The van der Waals surface area contributed by atoms with Gasteiger partial charge in [-0.25, -0.2) is 4.52 Å². The summed E-state index contributed by atoms with van der Waals surface area (Å²) in [6, 6.07) is 4.34. The third-order valence-corrected chi connectivity index (χ3v) is 3.49. The fourth-order valence-corrected chi connectivity index (χ4v) is 2.48. The Balaban J connectivity index is 1.63. The van der Waals surface area contributed by atoms with E-state index >= 15 is 0 Å². The van der Waals surface area contributed by atoms with Gasteiger partial charge in [-0.15, -0.1) is 5.10 Å². The Morgan fingerprint density at radius 3 is 2.95 bits per heavy atom. The zero-order valence-electron chi connectivity index (χ0n) is 12.0. The summed E-state index contributed by atoms with van der Waals surface area (Å²) in [4.78, 5) is 6.89. The third kappa shape index (κ3) is 3.08. The first-order chi connectivity index (χ1) is 9.70. The molecule has 1 N–H and O–H groups in total. The average Bonchev–Trinajstić information content (AvgIpc) is 2.80. The van der Waals surface area contributed by atoms with Crippen LogP contribution in [0, 0.1) is 6.92 Å². The van der Waals surface area contributed by atoms with E-state index in [1.807, 2.05) is 22.8 Å². The standard InChI is InChI=1S/C14H21N5O/c1-11-3-4-13-16-14(17-19(13)9-11)15-12(2)10-18-5-7-20-8-6-18/h3-4,9,12H,5-8,10H2,1-2H3,(H,15,17). The molecule has 1 aliphatic heterocycles. The molecule has 1 unspecified atom stereocenters. The lowest BCUT2D eigenvalue weighted by Crippen LogP contribution is -2.42. The van der Waals surface area contributed by atoms with Gasteiger partial charge in [0.1, 0.15) is 0 Å². The van der Waals surface area contributed by atoms with Gasteiger partial charge >= 0.3 is 0 Å². The van der Waals surface area contributed by atoms with Gasteiger partial charge in [0.2, 0.25) is 5.95 Å². The van der Waals surface area contributed by atoms with Crippen LogP contribution in [0.5, 0.6) is 0 Å². The van der Waals surface area contributed by atoms with E-state index in [9.17, 15) is 0 Å². The SMILES string of the molecule is Cc1ccc2nc(NC(C)CN3CCOCC3)nn2c1. The Hall–Kier alpha value is -1.66. The molecule has 0 bridgehead atoms. The minimum absolute atomic E-state index is 0.312. The maximum atomic E-state index is 5.36. The smallest absolute Gasteiger partial charge is 0.243 e. The number of pyridine rings is 1. The van der Waals surface area contributed by atoms with Crippen LogP contribution in [0.3, 0.4) is 0 Å². The Kier molecular flexibility index (Phi) is 3.84. The summed E-state index contributed by atoms with van der Waals surface area (Å²) in [5.74, 6) is 0.691. The summed E-state index contributed by atoms with van der Waals surface area (Å²) in [5, 5.41) is 7.83. The van der Waals surface area contributed by atoms with Crippen LogP contribution in [0.15, 0.2) is 18.3 Å². The van der Waals surface area contributed by atoms with Crippen molar-refractivity contribution in [3.8, 4) is 0 Å². The molecule has 108 valence electrons. The van der Waals surface area contributed by atoms with Gasteiger partial charge in [0, 0.05) is 31.9 Å². The van der Waals surface area contributed by atoms with E-state index in [0.717, 1.165) is 38.5 Å². The number of anilines is 1. The normalized spacial score (nSPS) is 18.3. The van der Waals surface area contributed by atoms with E-state index in [1.165, 1.54) is 5.56 Å². The molecule has 1 atom stereocenters. The summed E-state index contributed by atoms with van der Waals surface area (Å²) in [6.45, 7) is 8.87. The molecule has 0 spiro atoms. The fraction of sp³-hybridized carbons (Fsp3) is 0.571. The second kappa shape index (κ2) is 5.76. The van der Waals surface area contributed by atoms with Crippen LogP contribution in [-0.4, -0.2) is 58.4 Å². The Labute approximate surface area is 118 Å². The lowest BCUT2D eigenvalue weighted by Gasteiger charge is -2.29. The number of aromatic nitrogens is 3. The van der Waals surface area contributed by atoms with Gasteiger partial charge in [0.25, 0.3) is 0 Å². The Morgan fingerprint density at radius 1 is 1.35 bits per heavy atom. The summed E-state index contributed by atoms with van der Waals surface area (Å²) >= 11 is 0. The maximum absolute atomic E-state index is 5.36. The molecule has 1 fully saturated rings. The monoisotopic (exact) mass is 275 g/mol. The molecule has 6 heteroatoms. The van der Waals surface area contributed by atoms with Crippen molar-refractivity contribution < 1.29 is 4.74 Å². The largest absolute Gasteiger partial charge is 0.379 e. The van der Waals surface area contributed by atoms with E-state index in [-0.39, 0.29) is 0 Å². The van der Waals surface area contributed by atoms with Crippen molar-refractivity contribution >= 4 is 11.6 Å². The predicted octanol–water partition coefficient (Wildman–Crippen LogP) is 1.17. The van der Waals surface area contributed by atoms with Gasteiger partial charge in [-0.05, 0) is 25.5 Å². The number of rotatable bonds is 4. The molecule has 2 aromatic rings. The van der Waals surface area contributed by atoms with Gasteiger partial charge in [0.15, 0.2) is 5.65 Å². The fourth-order valence-electron chi connectivity index (χ4n) is 2.48. The van der Waals surface area contributed by atoms with Crippen molar-refractivity contribution in [3.63, 3.8) is 0 Å². The van der Waals surface area contributed by atoms with Crippen molar-refractivity contribution in [2.24, 2.45) is 0 Å². The van der Waals surface area contributed by atoms with Crippen molar-refractivity contribution in [2.45, 2.75) is 19.9 Å². The summed E-state index contributed by atoms with van der Waals surface area (Å²) in [6.07, 6.45) is 1.99. The zero-order chi connectivity index (χ0) is 13.9. The van der Waals surface area contributed by atoms with Crippen LogP contribution in [0.2, 0.25) is 0 Å². The number of hydrogen-bond acceptors (Lipinski definition) is 5. The van der Waals surface area contributed by atoms with E-state index < -0.39 is 0 Å². The molecule has 2 aromatic heterocycles. The van der Waals surface area contributed by atoms with Crippen LogP contribution < -0.4 is 5.32 Å². The van der Waals surface area contributed by atoms with Crippen LogP contribution >= 0.6 is 0 Å². The first kappa shape index (κ1) is 13.3. The van der Waals surface area contributed by atoms with Crippen molar-refractivity contribution in [2.75, 3.05) is 38.2 Å². The Morgan fingerprint density at radius 2 is 2.15 bits per heavy atom. The molecule has 20 heavy (non-hydrogen) atoms. The molecule has 0 aliphatic carbocycles. The molecule has 6 nitrogen and oxygen atoms in total. The first-order valence-corrected chi connectivity index (χ1v) is 7.10. The molecule has 0 amide bonds. The lowest BCUT2D eigenvalue weighted by molar-refractivity contribution is 0.0368. The van der Waals surface area contributed by atoms with E-state index in [2.05, 4.69) is 34.1 Å². The van der Waals surface area contributed by atoms with Crippen LogP contribution in [-0.2, 0) is 4.74 Å². The number of morpholine rings is 1. The molecule has 1 aliphatic rings.